The van der Waals surface area contributed by atoms with Gasteiger partial charge in [-0.15, -0.1) is 0 Å². The highest BCUT2D eigenvalue weighted by atomic mass is 28.3. The topological polar surface area (TPSA) is 0 Å². The van der Waals surface area contributed by atoms with Crippen LogP contribution in [0, 0.1) is 11.8 Å². The summed E-state index contributed by atoms with van der Waals surface area (Å²) in [5.74, 6) is 1.34. The Morgan fingerprint density at radius 3 is 1.27 bits per heavy atom. The lowest BCUT2D eigenvalue weighted by Crippen LogP contribution is -2.71. The van der Waals surface area contributed by atoms with E-state index < -0.39 is 8.07 Å². The van der Waals surface area contributed by atoms with Crippen LogP contribution in [-0.4, -0.2) is 8.07 Å². The molecular formula is C40H52Si. The minimum Gasteiger partial charge on any atom is -0.0839 e. The fourth-order valence-corrected chi connectivity index (χ4v) is 14.5. The molecule has 5 rings (SSSR count). The maximum absolute atomic E-state index is 2.65. The maximum atomic E-state index is 2.65. The zero-order valence-electron chi connectivity index (χ0n) is 26.8. The average molecular weight is 561 g/mol. The standard InChI is InChI=1S/C40H52Si/c1-8-29-19-30(9-2)23-36(22-29)41(37-24-31(10-3)20-32(11-4)25-37,38-26-33(12-5)21-34(13-6)27-38)40-28(7)18-35-16-14-15-17-39(35)40/h14-15,17,19-28,35,40H,8-13,16,18H2,1-7H3. The minimum absolute atomic E-state index is 0.558. The minimum atomic E-state index is -2.55. The molecule has 0 bridgehead atoms. The first-order valence-electron chi connectivity index (χ1n) is 16.7. The lowest BCUT2D eigenvalue weighted by atomic mass is 9.94. The van der Waals surface area contributed by atoms with Gasteiger partial charge in [0.2, 0.25) is 0 Å². The van der Waals surface area contributed by atoms with E-state index in [1.165, 1.54) is 46.2 Å². The van der Waals surface area contributed by atoms with Gasteiger partial charge in [0.25, 0.3) is 0 Å². The smallest absolute Gasteiger partial charge is 0.0839 e. The largest absolute Gasteiger partial charge is 0.155 e. The molecule has 0 spiro atoms. The summed E-state index contributed by atoms with van der Waals surface area (Å²) in [5.41, 5.74) is 11.3. The van der Waals surface area contributed by atoms with Gasteiger partial charge in [-0.05, 0) is 118 Å². The van der Waals surface area contributed by atoms with E-state index in [9.17, 15) is 0 Å². The van der Waals surface area contributed by atoms with E-state index in [-0.39, 0.29) is 0 Å². The highest BCUT2D eigenvalue weighted by Crippen LogP contribution is 2.52. The van der Waals surface area contributed by atoms with Gasteiger partial charge in [0, 0.05) is 0 Å². The van der Waals surface area contributed by atoms with Gasteiger partial charge in [0.1, 0.15) is 0 Å². The Morgan fingerprint density at radius 2 is 0.927 bits per heavy atom. The molecule has 3 atom stereocenters. The van der Waals surface area contributed by atoms with Crippen molar-refractivity contribution in [3.63, 3.8) is 0 Å². The van der Waals surface area contributed by atoms with E-state index in [4.69, 9.17) is 0 Å². The van der Waals surface area contributed by atoms with Gasteiger partial charge in [-0.25, -0.2) is 0 Å². The molecule has 0 saturated heterocycles. The summed E-state index contributed by atoms with van der Waals surface area (Å²) < 4.78 is 0. The first-order valence-corrected chi connectivity index (χ1v) is 18.8. The van der Waals surface area contributed by atoms with E-state index in [1.54, 1.807) is 21.1 Å². The van der Waals surface area contributed by atoms with Crippen LogP contribution >= 0.6 is 0 Å². The van der Waals surface area contributed by atoms with Gasteiger partial charge < -0.3 is 0 Å². The summed E-state index contributed by atoms with van der Waals surface area (Å²) >= 11 is 0. The highest BCUT2D eigenvalue weighted by molar-refractivity contribution is 7.13. The predicted molar refractivity (Wildman–Crippen MR) is 183 cm³/mol. The predicted octanol–water partition coefficient (Wildman–Crippen LogP) is 8.44. The second kappa shape index (κ2) is 12.7. The van der Waals surface area contributed by atoms with Crippen LogP contribution in [0.5, 0.6) is 0 Å². The third-order valence-electron chi connectivity index (χ3n) is 10.3. The van der Waals surface area contributed by atoms with Gasteiger partial charge in [0.05, 0.1) is 0 Å². The Kier molecular flexibility index (Phi) is 9.24. The summed E-state index contributed by atoms with van der Waals surface area (Å²) in [6, 6.07) is 23.3. The van der Waals surface area contributed by atoms with E-state index in [0.29, 0.717) is 17.4 Å². The van der Waals surface area contributed by atoms with Crippen molar-refractivity contribution in [3.05, 3.63) is 112 Å². The molecule has 0 radical (unpaired) electrons. The van der Waals surface area contributed by atoms with Crippen LogP contribution in [0.25, 0.3) is 0 Å². The molecule has 1 heteroatoms. The van der Waals surface area contributed by atoms with Crippen molar-refractivity contribution < 1.29 is 0 Å². The number of benzene rings is 3. The van der Waals surface area contributed by atoms with Crippen LogP contribution < -0.4 is 15.6 Å². The molecule has 216 valence electrons. The lowest BCUT2D eigenvalue weighted by Gasteiger charge is -2.43. The van der Waals surface area contributed by atoms with Crippen LogP contribution in [0.4, 0.5) is 0 Å². The molecule has 1 saturated carbocycles. The van der Waals surface area contributed by atoms with E-state index in [1.807, 2.05) is 0 Å². The van der Waals surface area contributed by atoms with E-state index >= 15 is 0 Å². The zero-order valence-corrected chi connectivity index (χ0v) is 27.8. The van der Waals surface area contributed by atoms with Crippen molar-refractivity contribution in [1.82, 2.24) is 0 Å². The number of rotatable bonds is 10. The molecule has 3 aromatic rings. The molecule has 1 fully saturated rings. The second-order valence-electron chi connectivity index (χ2n) is 12.8. The third kappa shape index (κ3) is 5.47. The van der Waals surface area contributed by atoms with Gasteiger partial charge >= 0.3 is 0 Å². The van der Waals surface area contributed by atoms with E-state index in [2.05, 4.69) is 121 Å². The summed E-state index contributed by atoms with van der Waals surface area (Å²) in [7, 11) is -2.55. The van der Waals surface area contributed by atoms with Crippen molar-refractivity contribution in [3.8, 4) is 0 Å². The van der Waals surface area contributed by atoms with Crippen molar-refractivity contribution in [2.45, 2.75) is 105 Å². The Labute approximate surface area is 252 Å². The van der Waals surface area contributed by atoms with Gasteiger partial charge in [-0.3, -0.25) is 0 Å². The normalized spacial score (nSPS) is 20.3. The van der Waals surface area contributed by atoms with Gasteiger partial charge in [0.15, 0.2) is 8.07 Å². The molecule has 41 heavy (non-hydrogen) atoms. The number of allylic oxidation sites excluding steroid dienone is 4. The van der Waals surface area contributed by atoms with Crippen LogP contribution in [-0.2, 0) is 38.5 Å². The highest BCUT2D eigenvalue weighted by Gasteiger charge is 2.54. The molecule has 0 N–H and O–H groups in total. The summed E-state index contributed by atoms with van der Waals surface area (Å²) in [5, 5.41) is 4.94. The summed E-state index contributed by atoms with van der Waals surface area (Å²) in [4.78, 5) is 0. The Hall–Kier alpha value is -2.64. The van der Waals surface area contributed by atoms with Crippen LogP contribution in [0.15, 0.2) is 78.4 Å². The fraction of sp³-hybridized carbons (Fsp3) is 0.450. The lowest BCUT2D eigenvalue weighted by molar-refractivity contribution is 0.536. The Balaban J connectivity index is 2.00. The van der Waals surface area contributed by atoms with Crippen molar-refractivity contribution in [2.75, 3.05) is 0 Å². The summed E-state index contributed by atoms with van der Waals surface area (Å²) in [6.07, 6.45) is 16.4. The maximum Gasteiger partial charge on any atom is 0.155 e. The third-order valence-corrected chi connectivity index (χ3v) is 15.8. The molecule has 0 heterocycles. The molecule has 0 aliphatic heterocycles. The monoisotopic (exact) mass is 560 g/mol. The number of hydrogen-bond donors (Lipinski definition) is 0. The van der Waals surface area contributed by atoms with Crippen molar-refractivity contribution in [2.24, 2.45) is 11.8 Å². The fourth-order valence-electron chi connectivity index (χ4n) is 8.11. The molecular weight excluding hydrogens is 509 g/mol. The molecule has 3 aromatic carbocycles. The Bertz CT molecular complexity index is 1240. The average Bonchev–Trinajstić information content (AvgIpc) is 3.36. The van der Waals surface area contributed by atoms with Crippen LogP contribution in [0.1, 0.15) is 94.7 Å². The first kappa shape index (κ1) is 29.8. The quantitative estimate of drug-likeness (QED) is 0.172. The van der Waals surface area contributed by atoms with Gasteiger partial charge in [-0.2, -0.15) is 0 Å². The van der Waals surface area contributed by atoms with Gasteiger partial charge in [-0.1, -0.05) is 127 Å². The molecule has 2 aliphatic carbocycles. The zero-order chi connectivity index (χ0) is 29.1. The summed E-state index contributed by atoms with van der Waals surface area (Å²) in [6.45, 7) is 16.6. The second-order valence-corrected chi connectivity index (χ2v) is 16.7. The first-order chi connectivity index (χ1) is 19.9. The Morgan fingerprint density at radius 1 is 0.561 bits per heavy atom. The SMILES string of the molecule is CCc1cc(CC)cc([Si](c2cc(CC)cc(CC)c2)(c2cc(CC)cc(CC)c2)C2C3=CC=CCC3CC2C)c1. The van der Waals surface area contributed by atoms with E-state index in [0.717, 1.165) is 38.5 Å². The molecule has 2 aliphatic rings. The molecule has 0 nitrogen and oxygen atoms in total. The molecule has 3 unspecified atom stereocenters. The van der Waals surface area contributed by atoms with Crippen molar-refractivity contribution in [1.29, 1.82) is 0 Å². The number of aryl methyl sites for hydroxylation is 6. The van der Waals surface area contributed by atoms with Crippen molar-refractivity contribution >= 4 is 23.6 Å². The van der Waals surface area contributed by atoms with Crippen LogP contribution in [0.3, 0.4) is 0 Å². The molecule has 0 amide bonds. The molecule has 0 aromatic heterocycles. The number of hydrogen-bond acceptors (Lipinski definition) is 0. The number of fused-ring (bicyclic) bond motifs is 1. The van der Waals surface area contributed by atoms with Crippen LogP contribution in [0.2, 0.25) is 5.54 Å².